The van der Waals surface area contributed by atoms with Gasteiger partial charge >= 0.3 is 5.97 Å². The van der Waals surface area contributed by atoms with Gasteiger partial charge in [-0.25, -0.2) is 9.78 Å². The molecule has 5 N–H and O–H groups in total. The van der Waals surface area contributed by atoms with Crippen molar-refractivity contribution in [2.75, 3.05) is 6.54 Å². The fourth-order valence-corrected chi connectivity index (χ4v) is 2.26. The molecular formula is C14H24N4O3. The summed E-state index contributed by atoms with van der Waals surface area (Å²) in [7, 11) is 0. The van der Waals surface area contributed by atoms with Crippen LogP contribution < -0.4 is 11.1 Å². The van der Waals surface area contributed by atoms with Crippen LogP contribution in [-0.2, 0) is 16.0 Å². The highest BCUT2D eigenvalue weighted by Gasteiger charge is 2.22. The largest absolute Gasteiger partial charge is 0.480 e. The Labute approximate surface area is 124 Å². The number of aliphatic carboxylic acids is 1. The second kappa shape index (κ2) is 8.41. The lowest BCUT2D eigenvalue weighted by Gasteiger charge is -2.19. The molecule has 2 atom stereocenters. The molecule has 7 nitrogen and oxygen atoms in total. The first-order valence-corrected chi connectivity index (χ1v) is 7.11. The second-order valence-corrected chi connectivity index (χ2v) is 5.67. The summed E-state index contributed by atoms with van der Waals surface area (Å²) in [4.78, 5) is 29.9. The summed E-state index contributed by atoms with van der Waals surface area (Å²) in [6.45, 7) is 4.56. The summed E-state index contributed by atoms with van der Waals surface area (Å²) in [5.74, 6) is -0.817. The highest BCUT2D eigenvalue weighted by Crippen LogP contribution is 2.14. The molecule has 0 aliphatic heterocycles. The number of nitrogens with two attached hydrogens (primary N) is 1. The van der Waals surface area contributed by atoms with Crippen molar-refractivity contribution in [2.24, 2.45) is 17.6 Å². The molecule has 0 spiro atoms. The molecule has 7 heteroatoms. The molecule has 0 aromatic carbocycles. The van der Waals surface area contributed by atoms with E-state index in [0.29, 0.717) is 18.2 Å². The molecule has 2 unspecified atom stereocenters. The molecule has 0 bridgehead atoms. The van der Waals surface area contributed by atoms with E-state index in [1.807, 2.05) is 0 Å². The van der Waals surface area contributed by atoms with E-state index in [9.17, 15) is 14.7 Å². The number of carboxylic acids is 1. The van der Waals surface area contributed by atoms with Crippen LogP contribution in [0.5, 0.6) is 0 Å². The van der Waals surface area contributed by atoms with E-state index in [-0.39, 0.29) is 24.7 Å². The van der Waals surface area contributed by atoms with Crippen LogP contribution in [0, 0.1) is 11.8 Å². The molecular weight excluding hydrogens is 272 g/mol. The summed E-state index contributed by atoms with van der Waals surface area (Å²) < 4.78 is 0. The Kier molecular flexibility index (Phi) is 6.87. The van der Waals surface area contributed by atoms with Crippen LogP contribution in [0.3, 0.4) is 0 Å². The molecule has 0 fully saturated rings. The Hall–Kier alpha value is -1.89. The first-order valence-electron chi connectivity index (χ1n) is 7.11. The van der Waals surface area contributed by atoms with Gasteiger partial charge in [0.25, 0.3) is 0 Å². The number of carbonyl (C=O) groups excluding carboxylic acids is 1. The van der Waals surface area contributed by atoms with E-state index in [1.54, 1.807) is 6.20 Å². The number of carboxylic acid groups (broad SMARTS) is 1. The van der Waals surface area contributed by atoms with Gasteiger partial charge in [-0.2, -0.15) is 0 Å². The minimum atomic E-state index is -1.06. The third kappa shape index (κ3) is 6.40. The molecule has 0 saturated carbocycles. The van der Waals surface area contributed by atoms with Gasteiger partial charge in [-0.1, -0.05) is 13.8 Å². The first kappa shape index (κ1) is 17.2. The van der Waals surface area contributed by atoms with Crippen LogP contribution in [0.1, 0.15) is 32.4 Å². The minimum absolute atomic E-state index is 0.0756. The zero-order valence-corrected chi connectivity index (χ0v) is 12.5. The fraction of sp³-hybridized carbons (Fsp3) is 0.643. The number of nitrogens with zero attached hydrogens (tertiary/aromatic N) is 1. The van der Waals surface area contributed by atoms with Crippen molar-refractivity contribution in [1.29, 1.82) is 0 Å². The van der Waals surface area contributed by atoms with Gasteiger partial charge in [-0.05, 0) is 24.8 Å². The van der Waals surface area contributed by atoms with Gasteiger partial charge in [-0.3, -0.25) is 4.79 Å². The first-order chi connectivity index (χ1) is 9.92. The van der Waals surface area contributed by atoms with Crippen LogP contribution in [0.2, 0.25) is 0 Å². The smallest absolute Gasteiger partial charge is 0.326 e. The minimum Gasteiger partial charge on any atom is -0.480 e. The number of hydrogen-bond acceptors (Lipinski definition) is 4. The Balaban J connectivity index is 2.54. The lowest BCUT2D eigenvalue weighted by atomic mass is 9.94. The van der Waals surface area contributed by atoms with Crippen LogP contribution in [0.25, 0.3) is 0 Å². The van der Waals surface area contributed by atoms with Crippen LogP contribution >= 0.6 is 0 Å². The van der Waals surface area contributed by atoms with E-state index in [2.05, 4.69) is 29.1 Å². The lowest BCUT2D eigenvalue weighted by molar-refractivity contribution is -0.142. The molecule has 1 amide bonds. The predicted molar refractivity (Wildman–Crippen MR) is 78.5 cm³/mol. The number of nitrogens with one attached hydrogen (secondary N) is 2. The maximum atomic E-state index is 12.0. The maximum Gasteiger partial charge on any atom is 0.326 e. The van der Waals surface area contributed by atoms with Crippen LogP contribution in [0.4, 0.5) is 0 Å². The third-order valence-corrected chi connectivity index (χ3v) is 3.22. The van der Waals surface area contributed by atoms with E-state index in [4.69, 9.17) is 5.73 Å². The summed E-state index contributed by atoms with van der Waals surface area (Å²) in [5, 5.41) is 11.7. The summed E-state index contributed by atoms with van der Waals surface area (Å²) in [6.07, 6.45) is 4.30. The molecule has 0 radical (unpaired) electrons. The average molecular weight is 296 g/mol. The molecule has 0 aliphatic carbocycles. The average Bonchev–Trinajstić information content (AvgIpc) is 2.89. The Bertz CT molecular complexity index is 445. The number of aromatic amines is 1. The molecule has 1 aromatic heterocycles. The van der Waals surface area contributed by atoms with E-state index >= 15 is 0 Å². The highest BCUT2D eigenvalue weighted by atomic mass is 16.4. The topological polar surface area (TPSA) is 121 Å². The zero-order chi connectivity index (χ0) is 15.8. The summed E-state index contributed by atoms with van der Waals surface area (Å²) in [5.41, 5.74) is 6.33. The van der Waals surface area contributed by atoms with Crippen molar-refractivity contribution >= 4 is 11.9 Å². The Morgan fingerprint density at radius 2 is 2.19 bits per heavy atom. The molecule has 118 valence electrons. The molecule has 0 saturated heterocycles. The SMILES string of the molecule is CC(C)CC(CN)CC(=O)NC(Cc1cnc[nH]1)C(=O)O. The van der Waals surface area contributed by atoms with Gasteiger partial charge in [0, 0.05) is 24.7 Å². The van der Waals surface area contributed by atoms with E-state index in [1.165, 1.54) is 6.33 Å². The molecule has 1 rings (SSSR count). The van der Waals surface area contributed by atoms with Gasteiger partial charge in [0.15, 0.2) is 0 Å². The van der Waals surface area contributed by atoms with Crippen molar-refractivity contribution in [3.63, 3.8) is 0 Å². The van der Waals surface area contributed by atoms with E-state index < -0.39 is 12.0 Å². The van der Waals surface area contributed by atoms with Gasteiger partial charge in [0.1, 0.15) is 6.04 Å². The molecule has 0 aliphatic rings. The van der Waals surface area contributed by atoms with Crippen molar-refractivity contribution in [1.82, 2.24) is 15.3 Å². The van der Waals surface area contributed by atoms with Gasteiger partial charge in [-0.15, -0.1) is 0 Å². The fourth-order valence-electron chi connectivity index (χ4n) is 2.26. The van der Waals surface area contributed by atoms with Gasteiger partial charge in [0.05, 0.1) is 6.33 Å². The maximum absolute atomic E-state index is 12.0. The van der Waals surface area contributed by atoms with E-state index in [0.717, 1.165) is 6.42 Å². The number of imidazole rings is 1. The standard InChI is InChI=1S/C14H24N4O3/c1-9(2)3-10(6-15)4-13(19)18-12(14(20)21)5-11-7-16-8-17-11/h7-10,12H,3-6,15H2,1-2H3,(H,16,17)(H,18,19)(H,20,21). The Morgan fingerprint density at radius 3 is 2.67 bits per heavy atom. The van der Waals surface area contributed by atoms with Crippen molar-refractivity contribution in [3.05, 3.63) is 18.2 Å². The van der Waals surface area contributed by atoms with Crippen molar-refractivity contribution in [2.45, 2.75) is 39.2 Å². The number of amides is 1. The summed E-state index contributed by atoms with van der Waals surface area (Å²) >= 11 is 0. The number of carbonyl (C=O) groups is 2. The quantitative estimate of drug-likeness (QED) is 0.529. The number of aromatic nitrogens is 2. The molecule has 21 heavy (non-hydrogen) atoms. The van der Waals surface area contributed by atoms with Gasteiger partial charge in [0.2, 0.25) is 5.91 Å². The number of hydrogen-bond donors (Lipinski definition) is 4. The lowest BCUT2D eigenvalue weighted by Crippen LogP contribution is -2.43. The van der Waals surface area contributed by atoms with Crippen molar-refractivity contribution < 1.29 is 14.7 Å². The molecule has 1 aromatic rings. The highest BCUT2D eigenvalue weighted by molar-refractivity contribution is 5.83. The van der Waals surface area contributed by atoms with Crippen LogP contribution in [-0.4, -0.2) is 39.5 Å². The van der Waals surface area contributed by atoms with Gasteiger partial charge < -0.3 is 21.1 Å². The summed E-state index contributed by atoms with van der Waals surface area (Å²) in [6, 6.07) is -0.963. The third-order valence-electron chi connectivity index (χ3n) is 3.22. The normalized spacial score (nSPS) is 13.9. The second-order valence-electron chi connectivity index (χ2n) is 5.67. The number of rotatable bonds is 9. The van der Waals surface area contributed by atoms with Crippen molar-refractivity contribution in [3.8, 4) is 0 Å². The Morgan fingerprint density at radius 1 is 1.48 bits per heavy atom. The zero-order valence-electron chi connectivity index (χ0n) is 12.5. The monoisotopic (exact) mass is 296 g/mol. The predicted octanol–water partition coefficient (Wildman–Crippen LogP) is 0.533. The number of H-pyrrole nitrogens is 1. The molecule has 1 heterocycles. The van der Waals surface area contributed by atoms with Crippen LogP contribution in [0.15, 0.2) is 12.5 Å².